The fourth-order valence-corrected chi connectivity index (χ4v) is 3.43. The Bertz CT molecular complexity index is 720. The van der Waals surface area contributed by atoms with Gasteiger partial charge >= 0.3 is 0 Å². The molecule has 4 nitrogen and oxygen atoms in total. The van der Waals surface area contributed by atoms with Crippen LogP contribution >= 0.6 is 27.3 Å². The first-order valence-corrected chi connectivity index (χ1v) is 8.53. The molecule has 1 aromatic carbocycles. The second kappa shape index (κ2) is 7.70. The highest BCUT2D eigenvalue weighted by Gasteiger charge is 2.18. The molecule has 0 saturated carbocycles. The summed E-state index contributed by atoms with van der Waals surface area (Å²) in [5.41, 5.74) is 0.675. The lowest BCUT2D eigenvalue weighted by atomic mass is 10.1. The number of likely N-dealkylation sites (N-methyl/N-ethyl adjacent to an activating group) is 1. The van der Waals surface area contributed by atoms with Crippen molar-refractivity contribution in [2.45, 2.75) is 13.0 Å². The van der Waals surface area contributed by atoms with Crippen molar-refractivity contribution in [1.29, 1.82) is 0 Å². The summed E-state index contributed by atoms with van der Waals surface area (Å²) < 4.78 is 14.1. The zero-order valence-electron chi connectivity index (χ0n) is 12.7. The van der Waals surface area contributed by atoms with Crippen LogP contribution in [0.15, 0.2) is 40.2 Å². The van der Waals surface area contributed by atoms with Crippen LogP contribution in [-0.2, 0) is 4.79 Å². The third-order valence-electron chi connectivity index (χ3n) is 3.24. The maximum absolute atomic E-state index is 13.2. The maximum Gasteiger partial charge on any atom is 0.264 e. The number of rotatable bonds is 5. The van der Waals surface area contributed by atoms with Crippen molar-refractivity contribution >= 4 is 39.1 Å². The second-order valence-electron chi connectivity index (χ2n) is 5.11. The minimum absolute atomic E-state index is 0.0615. The molecule has 0 saturated heterocycles. The first-order chi connectivity index (χ1) is 10.9. The molecule has 0 fully saturated rings. The Morgan fingerprint density at radius 2 is 2.09 bits per heavy atom. The van der Waals surface area contributed by atoms with E-state index >= 15 is 0 Å². The van der Waals surface area contributed by atoms with Crippen molar-refractivity contribution in [3.8, 4) is 0 Å². The van der Waals surface area contributed by atoms with Gasteiger partial charge in [0.2, 0.25) is 5.91 Å². The highest BCUT2D eigenvalue weighted by Crippen LogP contribution is 2.23. The third-order valence-corrected chi connectivity index (χ3v) is 4.85. The number of amides is 2. The molecule has 23 heavy (non-hydrogen) atoms. The number of halogens is 2. The molecule has 1 atom stereocenters. The average Bonchev–Trinajstić information content (AvgIpc) is 2.92. The summed E-state index contributed by atoms with van der Waals surface area (Å²) >= 11 is 4.62. The summed E-state index contributed by atoms with van der Waals surface area (Å²) in [6, 6.07) is 9.23. The van der Waals surface area contributed by atoms with Crippen molar-refractivity contribution in [3.05, 3.63) is 56.4 Å². The van der Waals surface area contributed by atoms with Gasteiger partial charge < -0.3 is 10.2 Å². The molecule has 0 aliphatic heterocycles. The number of carbonyl (C=O) groups is 2. The van der Waals surface area contributed by atoms with Crippen LogP contribution in [0.5, 0.6) is 0 Å². The molecule has 1 N–H and O–H groups in total. The molecule has 1 heterocycles. The number of hydrogen-bond acceptors (Lipinski definition) is 3. The Morgan fingerprint density at radius 3 is 2.70 bits per heavy atom. The van der Waals surface area contributed by atoms with E-state index in [1.807, 2.05) is 0 Å². The molecule has 0 aliphatic carbocycles. The molecule has 1 aromatic heterocycles. The first kappa shape index (κ1) is 17.6. The lowest BCUT2D eigenvalue weighted by Crippen LogP contribution is -2.39. The van der Waals surface area contributed by atoms with Crippen LogP contribution in [0.25, 0.3) is 0 Å². The van der Waals surface area contributed by atoms with E-state index in [4.69, 9.17) is 0 Å². The van der Waals surface area contributed by atoms with Gasteiger partial charge in [0.05, 0.1) is 21.3 Å². The third kappa shape index (κ3) is 4.87. The number of hydrogen-bond donors (Lipinski definition) is 1. The quantitative estimate of drug-likeness (QED) is 0.836. The lowest BCUT2D eigenvalue weighted by molar-refractivity contribution is -0.122. The number of nitrogens with one attached hydrogen (secondary N) is 1. The molecule has 0 unspecified atom stereocenters. The Balaban J connectivity index is 1.92. The topological polar surface area (TPSA) is 49.4 Å². The summed E-state index contributed by atoms with van der Waals surface area (Å²) in [5, 5.41) is 2.76. The molecule has 0 bridgehead atoms. The smallest absolute Gasteiger partial charge is 0.264 e. The van der Waals surface area contributed by atoms with Gasteiger partial charge in [-0.2, -0.15) is 0 Å². The summed E-state index contributed by atoms with van der Waals surface area (Å²) in [6.45, 7) is 1.71. The zero-order valence-corrected chi connectivity index (χ0v) is 15.1. The summed E-state index contributed by atoms with van der Waals surface area (Å²) in [4.78, 5) is 26.2. The fourth-order valence-electron chi connectivity index (χ4n) is 2.05. The highest BCUT2D eigenvalue weighted by molar-refractivity contribution is 9.11. The van der Waals surface area contributed by atoms with Crippen molar-refractivity contribution in [3.63, 3.8) is 0 Å². The van der Waals surface area contributed by atoms with E-state index in [1.54, 1.807) is 38.2 Å². The second-order valence-corrected chi connectivity index (χ2v) is 7.57. The van der Waals surface area contributed by atoms with Crippen LogP contribution in [0.2, 0.25) is 0 Å². The van der Waals surface area contributed by atoms with E-state index in [-0.39, 0.29) is 30.2 Å². The van der Waals surface area contributed by atoms with E-state index in [0.29, 0.717) is 10.4 Å². The van der Waals surface area contributed by atoms with E-state index in [9.17, 15) is 14.0 Å². The van der Waals surface area contributed by atoms with Gasteiger partial charge in [-0.3, -0.25) is 9.59 Å². The number of carbonyl (C=O) groups excluding carboxylic acids is 2. The minimum atomic E-state index is -0.348. The van der Waals surface area contributed by atoms with Gasteiger partial charge in [-0.1, -0.05) is 12.1 Å². The Hall–Kier alpha value is -1.73. The first-order valence-electron chi connectivity index (χ1n) is 6.92. The fraction of sp³-hybridized carbons (Fsp3) is 0.250. The van der Waals surface area contributed by atoms with Gasteiger partial charge in [0, 0.05) is 7.05 Å². The molecule has 122 valence electrons. The molecule has 2 amide bonds. The van der Waals surface area contributed by atoms with Gasteiger partial charge in [0.1, 0.15) is 5.82 Å². The van der Waals surface area contributed by atoms with Gasteiger partial charge in [-0.25, -0.2) is 4.39 Å². The predicted octanol–water partition coefficient (Wildman–Crippen LogP) is 3.60. The Labute approximate surface area is 146 Å². The van der Waals surface area contributed by atoms with Crippen LogP contribution < -0.4 is 5.32 Å². The highest BCUT2D eigenvalue weighted by atomic mass is 79.9. The zero-order chi connectivity index (χ0) is 17.0. The van der Waals surface area contributed by atoms with Gasteiger partial charge in [0.25, 0.3) is 5.91 Å². The van der Waals surface area contributed by atoms with Crippen molar-refractivity contribution in [1.82, 2.24) is 10.2 Å². The van der Waals surface area contributed by atoms with Crippen molar-refractivity contribution < 1.29 is 14.0 Å². The molecule has 0 radical (unpaired) electrons. The van der Waals surface area contributed by atoms with Crippen molar-refractivity contribution in [2.75, 3.05) is 13.6 Å². The van der Waals surface area contributed by atoms with Gasteiger partial charge in [-0.15, -0.1) is 11.3 Å². The van der Waals surface area contributed by atoms with Gasteiger partial charge in [-0.05, 0) is 52.7 Å². The largest absolute Gasteiger partial charge is 0.348 e. The number of nitrogens with zero attached hydrogens (tertiary/aromatic N) is 1. The van der Waals surface area contributed by atoms with Crippen molar-refractivity contribution in [2.24, 2.45) is 0 Å². The SMILES string of the molecule is C[C@@H](NC(=O)CN(C)C(=O)c1ccc(Br)s1)c1cccc(F)c1. The molecule has 7 heteroatoms. The van der Waals surface area contributed by atoms with E-state index in [1.165, 1.54) is 28.4 Å². The summed E-state index contributed by atoms with van der Waals surface area (Å²) in [7, 11) is 1.57. The Morgan fingerprint density at radius 1 is 1.35 bits per heavy atom. The Kier molecular flexibility index (Phi) is 5.90. The minimum Gasteiger partial charge on any atom is -0.348 e. The molecule has 0 spiro atoms. The van der Waals surface area contributed by atoms with Crippen LogP contribution in [-0.4, -0.2) is 30.3 Å². The van der Waals surface area contributed by atoms with E-state index in [2.05, 4.69) is 21.2 Å². The van der Waals surface area contributed by atoms with E-state index < -0.39 is 0 Å². The molecule has 2 rings (SSSR count). The number of thiophene rings is 1. The van der Waals surface area contributed by atoms with Gasteiger partial charge in [0.15, 0.2) is 0 Å². The lowest BCUT2D eigenvalue weighted by Gasteiger charge is -2.19. The maximum atomic E-state index is 13.2. The molecular weight excluding hydrogens is 383 g/mol. The summed E-state index contributed by atoms with van der Waals surface area (Å²) in [5.74, 6) is -0.860. The van der Waals surface area contributed by atoms with Crippen LogP contribution in [0, 0.1) is 5.82 Å². The average molecular weight is 399 g/mol. The standard InChI is InChI=1S/C16H16BrFN2O2S/c1-10(11-4-3-5-12(18)8-11)19-15(21)9-20(2)16(22)13-6-7-14(17)23-13/h3-8,10H,9H2,1-2H3,(H,19,21)/t10-/m1/s1. The molecular formula is C16H16BrFN2O2S. The van der Waals surface area contributed by atoms with Crippen LogP contribution in [0.4, 0.5) is 4.39 Å². The molecule has 2 aromatic rings. The number of benzene rings is 1. The normalized spacial score (nSPS) is 11.8. The van der Waals surface area contributed by atoms with E-state index in [0.717, 1.165) is 3.79 Å². The van der Waals surface area contributed by atoms with Crippen LogP contribution in [0.3, 0.4) is 0 Å². The summed E-state index contributed by atoms with van der Waals surface area (Å²) in [6.07, 6.45) is 0. The predicted molar refractivity (Wildman–Crippen MR) is 91.9 cm³/mol. The van der Waals surface area contributed by atoms with Crippen LogP contribution in [0.1, 0.15) is 28.2 Å². The molecule has 0 aliphatic rings. The monoisotopic (exact) mass is 398 g/mol.